The van der Waals surface area contributed by atoms with E-state index in [4.69, 9.17) is 22.1 Å². The van der Waals surface area contributed by atoms with Gasteiger partial charge in [0, 0.05) is 10.7 Å². The van der Waals surface area contributed by atoms with Crippen molar-refractivity contribution < 1.29 is 14.3 Å². The topological polar surface area (TPSA) is 81.4 Å². The lowest BCUT2D eigenvalue weighted by atomic mass is 10.1. The maximum atomic E-state index is 11.8. The maximum Gasteiger partial charge on any atom is 0.262 e. The van der Waals surface area contributed by atoms with E-state index >= 15 is 0 Å². The second kappa shape index (κ2) is 7.47. The molecule has 22 heavy (non-hydrogen) atoms. The van der Waals surface area contributed by atoms with E-state index in [2.05, 4.69) is 5.32 Å². The Hall–Kier alpha value is -2.53. The van der Waals surface area contributed by atoms with Crippen LogP contribution in [0, 0.1) is 0 Å². The van der Waals surface area contributed by atoms with E-state index < -0.39 is 5.91 Å². The van der Waals surface area contributed by atoms with Crippen molar-refractivity contribution in [3.63, 3.8) is 0 Å². The van der Waals surface area contributed by atoms with Gasteiger partial charge < -0.3 is 15.8 Å². The fourth-order valence-corrected chi connectivity index (χ4v) is 1.91. The van der Waals surface area contributed by atoms with Crippen LogP contribution in [0.5, 0.6) is 5.75 Å². The number of nitrogens with two attached hydrogens (primary N) is 1. The Morgan fingerprint density at radius 1 is 1.05 bits per heavy atom. The molecule has 2 aromatic carbocycles. The largest absolute Gasteiger partial charge is 0.484 e. The number of hydrogen-bond donors (Lipinski definition) is 2. The first-order valence-electron chi connectivity index (χ1n) is 6.58. The van der Waals surface area contributed by atoms with Crippen LogP contribution in [0.1, 0.15) is 5.56 Å². The molecule has 0 aliphatic rings. The van der Waals surface area contributed by atoms with Crippen molar-refractivity contribution in [1.82, 2.24) is 0 Å². The van der Waals surface area contributed by atoms with Crippen molar-refractivity contribution in [3.05, 3.63) is 59.1 Å². The van der Waals surface area contributed by atoms with Crippen LogP contribution in [0.25, 0.3) is 0 Å². The number of carbonyl (C=O) groups excluding carboxylic acids is 2. The van der Waals surface area contributed by atoms with Gasteiger partial charge in [-0.05, 0) is 42.0 Å². The molecule has 2 rings (SSSR count). The Labute approximate surface area is 133 Å². The summed E-state index contributed by atoms with van der Waals surface area (Å²) in [5.41, 5.74) is 6.53. The average molecular weight is 319 g/mol. The highest BCUT2D eigenvalue weighted by Crippen LogP contribution is 2.15. The van der Waals surface area contributed by atoms with Gasteiger partial charge in [-0.15, -0.1) is 0 Å². The fraction of sp³-hybridized carbons (Fsp3) is 0.125. The van der Waals surface area contributed by atoms with E-state index in [-0.39, 0.29) is 18.9 Å². The molecule has 3 N–H and O–H groups in total. The minimum absolute atomic E-state index is 0.106. The van der Waals surface area contributed by atoms with Gasteiger partial charge in [0.05, 0.1) is 6.42 Å². The highest BCUT2D eigenvalue weighted by atomic mass is 35.5. The first kappa shape index (κ1) is 15.9. The second-order valence-electron chi connectivity index (χ2n) is 4.63. The normalized spacial score (nSPS) is 10.0. The van der Waals surface area contributed by atoms with E-state index in [9.17, 15) is 9.59 Å². The van der Waals surface area contributed by atoms with Gasteiger partial charge in [-0.1, -0.05) is 23.7 Å². The molecule has 0 fully saturated rings. The zero-order chi connectivity index (χ0) is 15.9. The van der Waals surface area contributed by atoms with Crippen molar-refractivity contribution in [2.24, 2.45) is 5.73 Å². The molecule has 0 radical (unpaired) electrons. The van der Waals surface area contributed by atoms with Gasteiger partial charge in [0.15, 0.2) is 6.61 Å². The smallest absolute Gasteiger partial charge is 0.262 e. The molecule has 0 saturated carbocycles. The SMILES string of the molecule is NC(=O)Cc1ccc(NC(=O)COc2ccc(Cl)cc2)cc1. The number of anilines is 1. The lowest BCUT2D eigenvalue weighted by Crippen LogP contribution is -2.20. The highest BCUT2D eigenvalue weighted by Gasteiger charge is 2.05. The first-order chi connectivity index (χ1) is 10.5. The van der Waals surface area contributed by atoms with Crippen LogP contribution in [-0.2, 0) is 16.0 Å². The molecule has 0 aliphatic carbocycles. The molecule has 2 aromatic rings. The van der Waals surface area contributed by atoms with Crippen LogP contribution in [0.3, 0.4) is 0 Å². The number of nitrogens with one attached hydrogen (secondary N) is 1. The molecule has 0 heterocycles. The molecule has 0 aromatic heterocycles. The van der Waals surface area contributed by atoms with Crippen LogP contribution < -0.4 is 15.8 Å². The maximum absolute atomic E-state index is 11.8. The summed E-state index contributed by atoms with van der Waals surface area (Å²) in [6.07, 6.45) is 0.175. The number of ether oxygens (including phenoxy) is 1. The third-order valence-electron chi connectivity index (χ3n) is 2.80. The molecule has 2 amide bonds. The summed E-state index contributed by atoms with van der Waals surface area (Å²) in [6, 6.07) is 13.6. The number of carbonyl (C=O) groups is 2. The van der Waals surface area contributed by atoms with E-state index in [1.807, 2.05) is 0 Å². The fourth-order valence-electron chi connectivity index (χ4n) is 1.78. The summed E-state index contributed by atoms with van der Waals surface area (Å²) < 4.78 is 5.34. The molecule has 0 unspecified atom stereocenters. The summed E-state index contributed by atoms with van der Waals surface area (Å²) in [4.78, 5) is 22.6. The third-order valence-corrected chi connectivity index (χ3v) is 3.05. The number of amides is 2. The van der Waals surface area contributed by atoms with Crippen LogP contribution >= 0.6 is 11.6 Å². The summed E-state index contributed by atoms with van der Waals surface area (Å²) >= 11 is 5.76. The average Bonchev–Trinajstić information content (AvgIpc) is 2.48. The van der Waals surface area contributed by atoms with Crippen molar-refractivity contribution >= 4 is 29.1 Å². The van der Waals surface area contributed by atoms with E-state index in [1.165, 1.54) is 0 Å². The Kier molecular flexibility index (Phi) is 5.38. The van der Waals surface area contributed by atoms with Gasteiger partial charge in [0.25, 0.3) is 5.91 Å². The van der Waals surface area contributed by atoms with Gasteiger partial charge in [-0.25, -0.2) is 0 Å². The van der Waals surface area contributed by atoms with Crippen molar-refractivity contribution in [2.75, 3.05) is 11.9 Å². The minimum atomic E-state index is -0.395. The monoisotopic (exact) mass is 318 g/mol. The van der Waals surface area contributed by atoms with Crippen molar-refractivity contribution in [3.8, 4) is 5.75 Å². The van der Waals surface area contributed by atoms with Gasteiger partial charge in [0.2, 0.25) is 5.91 Å². The Morgan fingerprint density at radius 2 is 1.68 bits per heavy atom. The van der Waals surface area contributed by atoms with E-state index in [1.54, 1.807) is 48.5 Å². The number of benzene rings is 2. The molecular weight excluding hydrogens is 304 g/mol. The molecule has 0 spiro atoms. The first-order valence-corrected chi connectivity index (χ1v) is 6.96. The van der Waals surface area contributed by atoms with Crippen molar-refractivity contribution in [1.29, 1.82) is 0 Å². The quantitative estimate of drug-likeness (QED) is 0.858. The number of rotatable bonds is 6. The standard InChI is InChI=1S/C16H15ClN2O3/c17-12-3-7-14(8-4-12)22-10-16(21)19-13-5-1-11(2-6-13)9-15(18)20/h1-8H,9-10H2,(H2,18,20)(H,19,21). The Balaban J connectivity index is 1.83. The number of halogens is 1. The molecule has 6 heteroatoms. The van der Waals surface area contributed by atoms with Crippen LogP contribution in [-0.4, -0.2) is 18.4 Å². The van der Waals surface area contributed by atoms with Crippen LogP contribution in [0.2, 0.25) is 5.02 Å². The van der Waals surface area contributed by atoms with E-state index in [0.29, 0.717) is 16.5 Å². The van der Waals surface area contributed by atoms with Gasteiger partial charge >= 0.3 is 0 Å². The molecule has 0 bridgehead atoms. The molecule has 5 nitrogen and oxygen atoms in total. The van der Waals surface area contributed by atoms with Crippen LogP contribution in [0.4, 0.5) is 5.69 Å². The van der Waals surface area contributed by atoms with Gasteiger partial charge in [-0.3, -0.25) is 9.59 Å². The van der Waals surface area contributed by atoms with Gasteiger partial charge in [0.1, 0.15) is 5.75 Å². The summed E-state index contributed by atoms with van der Waals surface area (Å²) in [7, 11) is 0. The number of hydrogen-bond acceptors (Lipinski definition) is 3. The zero-order valence-corrected chi connectivity index (χ0v) is 12.5. The summed E-state index contributed by atoms with van der Waals surface area (Å²) in [5.74, 6) is -0.109. The second-order valence-corrected chi connectivity index (χ2v) is 5.07. The molecule has 0 atom stereocenters. The predicted molar refractivity (Wildman–Crippen MR) is 84.9 cm³/mol. The lowest BCUT2D eigenvalue weighted by Gasteiger charge is -2.08. The van der Waals surface area contributed by atoms with Crippen LogP contribution in [0.15, 0.2) is 48.5 Å². The van der Waals surface area contributed by atoms with Gasteiger partial charge in [-0.2, -0.15) is 0 Å². The predicted octanol–water partition coefficient (Wildman–Crippen LogP) is 2.39. The molecular formula is C16H15ClN2O3. The molecule has 0 saturated heterocycles. The number of primary amides is 1. The highest BCUT2D eigenvalue weighted by molar-refractivity contribution is 6.30. The molecule has 114 valence electrons. The lowest BCUT2D eigenvalue weighted by molar-refractivity contribution is -0.118. The minimum Gasteiger partial charge on any atom is -0.484 e. The summed E-state index contributed by atoms with van der Waals surface area (Å²) in [6.45, 7) is -0.106. The third kappa shape index (κ3) is 5.10. The Bertz CT molecular complexity index is 654. The van der Waals surface area contributed by atoms with Crippen molar-refractivity contribution in [2.45, 2.75) is 6.42 Å². The Morgan fingerprint density at radius 3 is 2.27 bits per heavy atom. The van der Waals surface area contributed by atoms with E-state index in [0.717, 1.165) is 5.56 Å². The molecule has 0 aliphatic heterocycles. The zero-order valence-electron chi connectivity index (χ0n) is 11.7. The summed E-state index contributed by atoms with van der Waals surface area (Å²) in [5, 5.41) is 3.30.